The van der Waals surface area contributed by atoms with Gasteiger partial charge in [-0.1, -0.05) is 12.1 Å². The number of amides is 1. The largest absolute Gasteiger partial charge is 0.465 e. The third-order valence-electron chi connectivity index (χ3n) is 2.69. The summed E-state index contributed by atoms with van der Waals surface area (Å²) in [7, 11) is 1.26. The van der Waals surface area contributed by atoms with Crippen molar-refractivity contribution >= 4 is 17.7 Å². The second-order valence-electron chi connectivity index (χ2n) is 4.07. The maximum atomic E-state index is 13.8. The maximum Gasteiger partial charge on any atom is 0.407 e. The van der Waals surface area contributed by atoms with Gasteiger partial charge in [-0.2, -0.15) is 0 Å². The van der Waals surface area contributed by atoms with Gasteiger partial charge >= 0.3 is 6.09 Å². The molecule has 0 aliphatic heterocycles. The molecule has 0 aliphatic carbocycles. The number of carboxylic acid groups (broad SMARTS) is 1. The first kappa shape index (κ1) is 15.7. The van der Waals surface area contributed by atoms with E-state index < -0.39 is 30.0 Å². The van der Waals surface area contributed by atoms with Crippen molar-refractivity contribution in [1.82, 2.24) is 4.90 Å². The number of benzene rings is 1. The van der Waals surface area contributed by atoms with E-state index >= 15 is 0 Å². The number of hydrogen-bond acceptors (Lipinski definition) is 3. The van der Waals surface area contributed by atoms with E-state index in [1.54, 1.807) is 0 Å². The molecule has 0 saturated carbocycles. The summed E-state index contributed by atoms with van der Waals surface area (Å²) in [5.41, 5.74) is 0.153. The van der Waals surface area contributed by atoms with Crippen LogP contribution in [0.25, 0.3) is 0 Å². The van der Waals surface area contributed by atoms with Crippen LogP contribution in [0.1, 0.15) is 22.6 Å². The zero-order valence-electron chi connectivity index (χ0n) is 10.3. The first-order valence-corrected chi connectivity index (χ1v) is 5.97. The lowest BCUT2D eigenvalue weighted by atomic mass is 9.99. The molecule has 0 spiro atoms. The van der Waals surface area contributed by atoms with Crippen molar-refractivity contribution in [2.75, 3.05) is 20.2 Å². The molecule has 0 aromatic heterocycles. The molecule has 0 heterocycles. The van der Waals surface area contributed by atoms with E-state index in [1.165, 1.54) is 19.2 Å². The molecule has 2 unspecified atom stereocenters. The van der Waals surface area contributed by atoms with E-state index in [2.05, 4.69) is 0 Å². The van der Waals surface area contributed by atoms with Gasteiger partial charge in [0.15, 0.2) is 0 Å². The lowest BCUT2D eigenvalue weighted by Gasteiger charge is -2.22. The lowest BCUT2D eigenvalue weighted by molar-refractivity contribution is 0.105. The average molecular weight is 292 g/mol. The molecule has 5 nitrogen and oxygen atoms in total. The fourth-order valence-electron chi connectivity index (χ4n) is 1.71. The highest BCUT2D eigenvalue weighted by atomic mass is 35.5. The van der Waals surface area contributed by atoms with Crippen LogP contribution >= 0.6 is 11.6 Å². The molecule has 1 rings (SSSR count). The van der Waals surface area contributed by atoms with Gasteiger partial charge in [-0.25, -0.2) is 9.18 Å². The van der Waals surface area contributed by atoms with Crippen molar-refractivity contribution in [3.8, 4) is 0 Å². The Hall–Kier alpha value is -1.37. The maximum absolute atomic E-state index is 13.8. The molecule has 0 aliphatic rings. The normalized spacial score (nSPS) is 13.9. The van der Waals surface area contributed by atoms with Gasteiger partial charge in [0.1, 0.15) is 5.82 Å². The van der Waals surface area contributed by atoms with Crippen LogP contribution in [0, 0.1) is 5.82 Å². The molecule has 0 fully saturated rings. The summed E-state index contributed by atoms with van der Waals surface area (Å²) < 4.78 is 13.8. The average Bonchev–Trinajstić information content (AvgIpc) is 2.36. The predicted octanol–water partition coefficient (Wildman–Crippen LogP) is 1.74. The van der Waals surface area contributed by atoms with Gasteiger partial charge in [-0.05, 0) is 11.6 Å². The van der Waals surface area contributed by atoms with Crippen LogP contribution in [-0.2, 0) is 0 Å². The summed E-state index contributed by atoms with van der Waals surface area (Å²) >= 11 is 5.85. The summed E-state index contributed by atoms with van der Waals surface area (Å²) in [5, 5.41) is 26.8. The highest BCUT2D eigenvalue weighted by Crippen LogP contribution is 2.30. The van der Waals surface area contributed by atoms with Crippen molar-refractivity contribution in [1.29, 1.82) is 0 Å². The SMILES string of the molecule is CN(CC(O)c1c(F)cccc1C(Cl)CO)C(=O)O. The van der Waals surface area contributed by atoms with Crippen molar-refractivity contribution in [3.63, 3.8) is 0 Å². The highest BCUT2D eigenvalue weighted by Gasteiger charge is 2.23. The third kappa shape index (κ3) is 3.79. The van der Waals surface area contributed by atoms with Crippen LogP contribution in [-0.4, -0.2) is 46.5 Å². The van der Waals surface area contributed by atoms with Crippen LogP contribution < -0.4 is 0 Å². The molecule has 1 aromatic rings. The third-order valence-corrected chi connectivity index (χ3v) is 3.06. The van der Waals surface area contributed by atoms with Gasteiger partial charge in [0.05, 0.1) is 24.6 Å². The van der Waals surface area contributed by atoms with Gasteiger partial charge in [0, 0.05) is 12.6 Å². The van der Waals surface area contributed by atoms with E-state index in [0.29, 0.717) is 0 Å². The number of likely N-dealkylation sites (N-methyl/N-ethyl adjacent to an activating group) is 1. The number of alkyl halides is 1. The Kier molecular flexibility index (Phi) is 5.53. The van der Waals surface area contributed by atoms with Crippen LogP contribution in [0.2, 0.25) is 0 Å². The predicted molar refractivity (Wildman–Crippen MR) is 67.7 cm³/mol. The van der Waals surface area contributed by atoms with Crippen LogP contribution in [0.4, 0.5) is 9.18 Å². The quantitative estimate of drug-likeness (QED) is 0.722. The minimum atomic E-state index is -1.36. The molecule has 0 radical (unpaired) electrons. The highest BCUT2D eigenvalue weighted by molar-refractivity contribution is 6.21. The standard InChI is InChI=1S/C12H15ClFNO4/c1-15(12(18)19)5-10(17)11-7(8(13)6-16)3-2-4-9(11)14/h2-4,8,10,16-17H,5-6H2,1H3,(H,18,19). The number of aliphatic hydroxyl groups is 2. The van der Waals surface area contributed by atoms with Crippen LogP contribution in [0.5, 0.6) is 0 Å². The van der Waals surface area contributed by atoms with Gasteiger partial charge in [-0.15, -0.1) is 11.6 Å². The molecule has 2 atom stereocenters. The summed E-state index contributed by atoms with van der Waals surface area (Å²) in [4.78, 5) is 11.5. The zero-order chi connectivity index (χ0) is 14.6. The Morgan fingerprint density at radius 3 is 2.68 bits per heavy atom. The van der Waals surface area contributed by atoms with Crippen LogP contribution in [0.3, 0.4) is 0 Å². The van der Waals surface area contributed by atoms with Gasteiger partial charge in [0.2, 0.25) is 0 Å². The van der Waals surface area contributed by atoms with E-state index in [9.17, 15) is 14.3 Å². The van der Waals surface area contributed by atoms with Crippen LogP contribution in [0.15, 0.2) is 18.2 Å². The topological polar surface area (TPSA) is 81.0 Å². The Labute approximate surface area is 114 Å². The van der Waals surface area contributed by atoms with Crippen molar-refractivity contribution in [3.05, 3.63) is 35.1 Å². The first-order chi connectivity index (χ1) is 8.88. The lowest BCUT2D eigenvalue weighted by Crippen LogP contribution is -2.30. The molecular weight excluding hydrogens is 277 g/mol. The van der Waals surface area contributed by atoms with Crippen molar-refractivity contribution in [2.45, 2.75) is 11.5 Å². The molecule has 0 saturated heterocycles. The Bertz CT molecular complexity index is 457. The molecule has 1 amide bonds. The number of halogens is 2. The minimum absolute atomic E-state index is 0.0929. The van der Waals surface area contributed by atoms with Crippen molar-refractivity contribution in [2.24, 2.45) is 0 Å². The monoisotopic (exact) mass is 291 g/mol. The van der Waals surface area contributed by atoms with E-state index in [4.69, 9.17) is 21.8 Å². The molecule has 19 heavy (non-hydrogen) atoms. The molecule has 7 heteroatoms. The van der Waals surface area contributed by atoms with Crippen molar-refractivity contribution < 1.29 is 24.5 Å². The summed E-state index contributed by atoms with van der Waals surface area (Å²) in [5.74, 6) is -0.692. The number of rotatable bonds is 5. The number of carbonyl (C=O) groups is 1. The Morgan fingerprint density at radius 2 is 2.16 bits per heavy atom. The zero-order valence-corrected chi connectivity index (χ0v) is 11.0. The Morgan fingerprint density at radius 1 is 1.53 bits per heavy atom. The van der Waals surface area contributed by atoms with Gasteiger partial charge in [-0.3, -0.25) is 0 Å². The summed E-state index contributed by atoms with van der Waals surface area (Å²) in [6.07, 6.45) is -2.59. The number of nitrogens with zero attached hydrogens (tertiary/aromatic N) is 1. The molecule has 0 bridgehead atoms. The first-order valence-electron chi connectivity index (χ1n) is 5.53. The van der Waals surface area contributed by atoms with E-state index in [-0.39, 0.29) is 17.7 Å². The number of aliphatic hydroxyl groups excluding tert-OH is 2. The van der Waals surface area contributed by atoms with E-state index in [0.717, 1.165) is 11.0 Å². The molecule has 1 aromatic carbocycles. The molecule has 3 N–H and O–H groups in total. The smallest absolute Gasteiger partial charge is 0.407 e. The minimum Gasteiger partial charge on any atom is -0.465 e. The summed E-state index contributed by atoms with van der Waals surface area (Å²) in [6, 6.07) is 4.03. The fourth-order valence-corrected chi connectivity index (χ4v) is 1.90. The van der Waals surface area contributed by atoms with E-state index in [1.807, 2.05) is 0 Å². The molecular formula is C12H15ClFNO4. The number of hydrogen-bond donors (Lipinski definition) is 3. The fraction of sp³-hybridized carbons (Fsp3) is 0.417. The summed E-state index contributed by atoms with van der Waals surface area (Å²) in [6.45, 7) is -0.711. The second kappa shape index (κ2) is 6.70. The molecule has 106 valence electrons. The Balaban J connectivity index is 3.07. The second-order valence-corrected chi connectivity index (χ2v) is 4.60. The van der Waals surface area contributed by atoms with Gasteiger partial charge < -0.3 is 20.2 Å². The van der Waals surface area contributed by atoms with Gasteiger partial charge in [0.25, 0.3) is 0 Å².